The molecular weight excluding hydrogens is 294 g/mol. The molecule has 1 aromatic carbocycles. The Morgan fingerprint density at radius 1 is 1.12 bits per heavy atom. The molecule has 0 atom stereocenters. The summed E-state index contributed by atoms with van der Waals surface area (Å²) >= 11 is 0. The van der Waals surface area contributed by atoms with Crippen LogP contribution in [0, 0.1) is 12.8 Å². The van der Waals surface area contributed by atoms with Gasteiger partial charge in [-0.05, 0) is 76.8 Å². The highest BCUT2D eigenvalue weighted by Crippen LogP contribution is 2.52. The Hall–Kier alpha value is -1.83. The van der Waals surface area contributed by atoms with Gasteiger partial charge in [0.1, 0.15) is 0 Å². The van der Waals surface area contributed by atoms with E-state index in [-0.39, 0.29) is 10.8 Å². The highest BCUT2D eigenvalue weighted by atomic mass is 16.5. The summed E-state index contributed by atoms with van der Waals surface area (Å²) in [6.07, 6.45) is 7.70. The number of nitrogens with zero attached hydrogens (tertiary/aromatic N) is 1. The third-order valence-electron chi connectivity index (χ3n) is 5.79. The van der Waals surface area contributed by atoms with E-state index < -0.39 is 0 Å². The van der Waals surface area contributed by atoms with Crippen LogP contribution in [0.2, 0.25) is 0 Å². The fourth-order valence-electron chi connectivity index (χ4n) is 4.70. The van der Waals surface area contributed by atoms with Crippen LogP contribution in [0.25, 0.3) is 11.6 Å². The van der Waals surface area contributed by atoms with Crippen LogP contribution in [-0.2, 0) is 10.8 Å². The van der Waals surface area contributed by atoms with Gasteiger partial charge in [-0.25, -0.2) is 0 Å². The van der Waals surface area contributed by atoms with Crippen LogP contribution in [-0.4, -0.2) is 5.16 Å². The van der Waals surface area contributed by atoms with Crippen LogP contribution in [0.4, 0.5) is 0 Å². The summed E-state index contributed by atoms with van der Waals surface area (Å²) in [6, 6.07) is 6.86. The Morgan fingerprint density at radius 3 is 2.38 bits per heavy atom. The molecule has 4 rings (SSSR count). The lowest BCUT2D eigenvalue weighted by molar-refractivity contribution is 0.403. The molecule has 0 aliphatic heterocycles. The van der Waals surface area contributed by atoms with Gasteiger partial charge in [-0.1, -0.05) is 45.0 Å². The van der Waals surface area contributed by atoms with E-state index in [1.165, 1.54) is 47.1 Å². The summed E-state index contributed by atoms with van der Waals surface area (Å²) in [5, 5.41) is 3.85. The molecule has 2 aromatic rings. The fraction of sp³-hybridized carbons (Fsp3) is 0.500. The van der Waals surface area contributed by atoms with Crippen LogP contribution >= 0.6 is 0 Å². The van der Waals surface area contributed by atoms with E-state index in [9.17, 15) is 0 Å². The van der Waals surface area contributed by atoms with Crippen LogP contribution in [0.3, 0.4) is 0 Å². The monoisotopic (exact) mass is 321 g/mol. The summed E-state index contributed by atoms with van der Waals surface area (Å²) in [5.41, 5.74) is 7.77. The Kier molecular flexibility index (Phi) is 3.32. The molecule has 0 spiro atoms. The average molecular weight is 321 g/mol. The SMILES string of the molecule is Cc1cc2c(cc1C(=Cc1ccno1)C1CC1)C(C)(C)CC2(C)C. The van der Waals surface area contributed by atoms with Gasteiger partial charge in [0.15, 0.2) is 5.76 Å². The molecule has 0 bridgehead atoms. The van der Waals surface area contributed by atoms with E-state index >= 15 is 0 Å². The molecule has 1 heterocycles. The maximum atomic E-state index is 5.34. The number of allylic oxidation sites excluding steroid dienone is 1. The summed E-state index contributed by atoms with van der Waals surface area (Å²) in [6.45, 7) is 11.8. The van der Waals surface area contributed by atoms with Crippen molar-refractivity contribution in [3.63, 3.8) is 0 Å². The molecular formula is C22H27NO. The summed E-state index contributed by atoms with van der Waals surface area (Å²) < 4.78 is 5.34. The van der Waals surface area contributed by atoms with Gasteiger partial charge in [0.25, 0.3) is 0 Å². The van der Waals surface area contributed by atoms with Gasteiger partial charge in [0.05, 0.1) is 6.20 Å². The minimum Gasteiger partial charge on any atom is -0.357 e. The second-order valence-electron chi connectivity index (χ2n) is 8.95. The predicted octanol–water partition coefficient (Wildman–Crippen LogP) is 5.89. The zero-order valence-electron chi connectivity index (χ0n) is 15.4. The van der Waals surface area contributed by atoms with Crippen molar-refractivity contribution < 1.29 is 4.52 Å². The minimum absolute atomic E-state index is 0.238. The first-order chi connectivity index (χ1) is 11.3. The number of rotatable bonds is 3. The number of fused-ring (bicyclic) bond motifs is 1. The van der Waals surface area contributed by atoms with E-state index in [1.807, 2.05) is 6.07 Å². The molecule has 24 heavy (non-hydrogen) atoms. The Balaban J connectivity index is 1.87. The number of aryl methyl sites for hydroxylation is 1. The highest BCUT2D eigenvalue weighted by molar-refractivity contribution is 5.84. The smallest absolute Gasteiger partial charge is 0.159 e. The molecule has 1 saturated carbocycles. The summed E-state index contributed by atoms with van der Waals surface area (Å²) in [7, 11) is 0. The van der Waals surface area contributed by atoms with Gasteiger partial charge in [0.2, 0.25) is 0 Å². The number of benzene rings is 1. The number of hydrogen-bond acceptors (Lipinski definition) is 2. The lowest BCUT2D eigenvalue weighted by Gasteiger charge is -2.22. The maximum Gasteiger partial charge on any atom is 0.159 e. The fourth-order valence-corrected chi connectivity index (χ4v) is 4.70. The average Bonchev–Trinajstić information content (AvgIpc) is 3.16. The van der Waals surface area contributed by atoms with Crippen molar-refractivity contribution in [2.75, 3.05) is 0 Å². The van der Waals surface area contributed by atoms with Gasteiger partial charge in [-0.3, -0.25) is 0 Å². The van der Waals surface area contributed by atoms with Crippen LogP contribution in [0.5, 0.6) is 0 Å². The third kappa shape index (κ3) is 2.53. The van der Waals surface area contributed by atoms with E-state index in [0.717, 1.165) is 5.76 Å². The first kappa shape index (κ1) is 15.7. The standard InChI is InChI=1S/C22H27NO/c1-14-10-19-20(22(4,5)13-21(19,2)3)12-17(14)18(15-6-7-15)11-16-8-9-23-24-16/h8-12,15H,6-7,13H2,1-5H3. The zero-order valence-corrected chi connectivity index (χ0v) is 15.4. The van der Waals surface area contributed by atoms with Crippen LogP contribution in [0.1, 0.15) is 75.0 Å². The first-order valence-electron chi connectivity index (χ1n) is 9.06. The molecule has 0 radical (unpaired) electrons. The molecule has 1 fully saturated rings. The summed E-state index contributed by atoms with van der Waals surface area (Å²) in [5.74, 6) is 1.53. The van der Waals surface area contributed by atoms with Crippen molar-refractivity contribution in [3.05, 3.63) is 52.4 Å². The highest BCUT2D eigenvalue weighted by Gasteiger charge is 2.42. The zero-order chi connectivity index (χ0) is 17.1. The predicted molar refractivity (Wildman–Crippen MR) is 98.9 cm³/mol. The third-order valence-corrected chi connectivity index (χ3v) is 5.79. The quantitative estimate of drug-likeness (QED) is 0.704. The normalized spacial score (nSPS) is 21.8. The van der Waals surface area contributed by atoms with Gasteiger partial charge in [-0.2, -0.15) is 0 Å². The Morgan fingerprint density at radius 2 is 1.79 bits per heavy atom. The molecule has 0 amide bonds. The number of aromatic nitrogens is 1. The minimum atomic E-state index is 0.238. The molecule has 2 aliphatic rings. The van der Waals surface area contributed by atoms with E-state index in [4.69, 9.17) is 4.52 Å². The number of hydrogen-bond donors (Lipinski definition) is 0. The first-order valence-corrected chi connectivity index (χ1v) is 9.06. The van der Waals surface area contributed by atoms with Gasteiger partial charge >= 0.3 is 0 Å². The van der Waals surface area contributed by atoms with E-state index in [0.29, 0.717) is 5.92 Å². The molecule has 1 aromatic heterocycles. The molecule has 2 heteroatoms. The summed E-state index contributed by atoms with van der Waals surface area (Å²) in [4.78, 5) is 0. The van der Waals surface area contributed by atoms with Crippen molar-refractivity contribution in [1.82, 2.24) is 5.16 Å². The van der Waals surface area contributed by atoms with Gasteiger partial charge in [-0.15, -0.1) is 0 Å². The van der Waals surface area contributed by atoms with Crippen molar-refractivity contribution in [1.29, 1.82) is 0 Å². The maximum absolute atomic E-state index is 5.34. The molecule has 2 nitrogen and oxygen atoms in total. The van der Waals surface area contributed by atoms with Crippen molar-refractivity contribution in [2.45, 2.75) is 64.7 Å². The second-order valence-corrected chi connectivity index (χ2v) is 8.95. The van der Waals surface area contributed by atoms with Crippen molar-refractivity contribution >= 4 is 11.6 Å². The van der Waals surface area contributed by atoms with E-state index in [1.54, 1.807) is 6.20 Å². The molecule has 0 unspecified atom stereocenters. The largest absolute Gasteiger partial charge is 0.357 e. The molecule has 126 valence electrons. The van der Waals surface area contributed by atoms with Crippen molar-refractivity contribution in [3.8, 4) is 0 Å². The second kappa shape index (κ2) is 5.08. The lowest BCUT2D eigenvalue weighted by atomic mass is 9.82. The topological polar surface area (TPSA) is 26.0 Å². The lowest BCUT2D eigenvalue weighted by Crippen LogP contribution is -2.18. The van der Waals surface area contributed by atoms with Crippen LogP contribution < -0.4 is 0 Å². The van der Waals surface area contributed by atoms with Crippen molar-refractivity contribution in [2.24, 2.45) is 5.92 Å². The van der Waals surface area contributed by atoms with Crippen LogP contribution in [0.15, 0.2) is 28.9 Å². The Bertz CT molecular complexity index is 805. The molecule has 2 aliphatic carbocycles. The van der Waals surface area contributed by atoms with E-state index in [2.05, 4.69) is 58.0 Å². The van der Waals surface area contributed by atoms with Gasteiger partial charge in [0, 0.05) is 6.07 Å². The van der Waals surface area contributed by atoms with Gasteiger partial charge < -0.3 is 4.52 Å². The molecule has 0 N–H and O–H groups in total. The molecule has 0 saturated heterocycles. The Labute approximate surface area is 144 Å².